The molecule has 192 valence electrons. The third kappa shape index (κ3) is 5.82. The first-order chi connectivity index (χ1) is 18.3. The number of nitrogens with zero attached hydrogens (tertiary/aromatic N) is 1. The molecule has 1 aliphatic rings. The van der Waals surface area contributed by atoms with Gasteiger partial charge in [-0.1, -0.05) is 72.4 Å². The summed E-state index contributed by atoms with van der Waals surface area (Å²) >= 11 is 1.26. The fourth-order valence-electron chi connectivity index (χ4n) is 4.42. The number of anilines is 2. The first-order valence-electron chi connectivity index (χ1n) is 12.3. The van der Waals surface area contributed by atoms with Crippen LogP contribution in [0.15, 0.2) is 94.7 Å². The molecule has 0 spiro atoms. The number of nitrogens with one attached hydrogen (secondary N) is 3. The van der Waals surface area contributed by atoms with E-state index in [1.807, 2.05) is 100 Å². The van der Waals surface area contributed by atoms with Gasteiger partial charge < -0.3 is 16.0 Å². The van der Waals surface area contributed by atoms with Gasteiger partial charge in [-0.05, 0) is 62.1 Å². The molecule has 6 nitrogen and oxygen atoms in total. The molecule has 38 heavy (non-hydrogen) atoms. The third-order valence-corrected chi connectivity index (χ3v) is 7.66. The largest absolute Gasteiger partial charge is 0.353 e. The predicted molar refractivity (Wildman–Crippen MR) is 154 cm³/mol. The summed E-state index contributed by atoms with van der Waals surface area (Å²) in [5, 5.41) is 20.1. The van der Waals surface area contributed by atoms with Gasteiger partial charge in [0, 0.05) is 22.6 Å². The SMILES string of the molecule is CC1=C(C(=O)Nc2ccccc2C)C(c2ccccc2)C(C#N)=C(SCC(=O)Nc2cccc(C)c2C)N1. The molecular weight excluding hydrogens is 492 g/mol. The fraction of sp³-hybridized carbons (Fsp3) is 0.194. The number of hydrogen-bond donors (Lipinski definition) is 3. The van der Waals surface area contributed by atoms with Crippen molar-refractivity contribution in [2.24, 2.45) is 0 Å². The Morgan fingerprint density at radius 2 is 1.53 bits per heavy atom. The van der Waals surface area contributed by atoms with Crippen LogP contribution in [-0.2, 0) is 9.59 Å². The average molecular weight is 523 g/mol. The van der Waals surface area contributed by atoms with Crippen LogP contribution in [0.25, 0.3) is 0 Å². The van der Waals surface area contributed by atoms with Crippen LogP contribution in [0.1, 0.15) is 35.1 Å². The fourth-order valence-corrected chi connectivity index (χ4v) is 5.31. The Balaban J connectivity index is 1.62. The van der Waals surface area contributed by atoms with Crippen molar-refractivity contribution in [3.63, 3.8) is 0 Å². The molecular formula is C31H30N4O2S. The van der Waals surface area contributed by atoms with Crippen LogP contribution in [0.4, 0.5) is 11.4 Å². The van der Waals surface area contributed by atoms with Crippen LogP contribution in [-0.4, -0.2) is 17.6 Å². The molecule has 0 bridgehead atoms. The molecule has 3 aromatic rings. The standard InChI is InChI=1S/C31H30N4O2S/c1-19-12-10-16-26(21(19)3)34-27(36)18-38-31-24(17-32)29(23-13-6-5-7-14-23)28(22(4)33-31)30(37)35-25-15-9-8-11-20(25)2/h5-16,29,33H,18H2,1-4H3,(H,34,36)(H,35,37). The Labute approximate surface area is 227 Å². The van der Waals surface area contributed by atoms with Crippen LogP contribution in [0.5, 0.6) is 0 Å². The van der Waals surface area contributed by atoms with Crippen molar-refractivity contribution >= 4 is 35.0 Å². The molecule has 1 aliphatic heterocycles. The second-order valence-corrected chi connectivity index (χ2v) is 10.2. The smallest absolute Gasteiger partial charge is 0.254 e. The maximum absolute atomic E-state index is 13.6. The second kappa shape index (κ2) is 11.8. The van der Waals surface area contributed by atoms with Crippen molar-refractivity contribution < 1.29 is 9.59 Å². The molecule has 4 rings (SSSR count). The number of carbonyl (C=O) groups excluding carboxylic acids is 2. The monoisotopic (exact) mass is 522 g/mol. The molecule has 0 saturated heterocycles. The van der Waals surface area contributed by atoms with Gasteiger partial charge in [0.05, 0.1) is 28.3 Å². The Hall–Kier alpha value is -4.28. The summed E-state index contributed by atoms with van der Waals surface area (Å²) in [5.74, 6) is -0.907. The minimum Gasteiger partial charge on any atom is -0.353 e. The van der Waals surface area contributed by atoms with Gasteiger partial charge in [-0.15, -0.1) is 0 Å². The summed E-state index contributed by atoms with van der Waals surface area (Å²) in [7, 11) is 0. The molecule has 1 heterocycles. The number of para-hydroxylation sites is 1. The summed E-state index contributed by atoms with van der Waals surface area (Å²) in [6.45, 7) is 7.73. The van der Waals surface area contributed by atoms with E-state index in [2.05, 4.69) is 22.0 Å². The minimum absolute atomic E-state index is 0.112. The van der Waals surface area contributed by atoms with Crippen molar-refractivity contribution in [3.8, 4) is 6.07 Å². The number of benzene rings is 3. The topological polar surface area (TPSA) is 94.0 Å². The quantitative estimate of drug-likeness (QED) is 0.338. The maximum atomic E-state index is 13.6. The van der Waals surface area contributed by atoms with E-state index < -0.39 is 5.92 Å². The molecule has 3 N–H and O–H groups in total. The Bertz CT molecular complexity index is 1490. The third-order valence-electron chi connectivity index (χ3n) is 6.64. The van der Waals surface area contributed by atoms with Crippen LogP contribution >= 0.6 is 11.8 Å². The number of thioether (sulfide) groups is 1. The number of dihydropyridines is 1. The lowest BCUT2D eigenvalue weighted by molar-refractivity contribution is -0.114. The number of hydrogen-bond acceptors (Lipinski definition) is 5. The number of allylic oxidation sites excluding steroid dienone is 2. The number of aryl methyl sites for hydroxylation is 2. The summed E-state index contributed by atoms with van der Waals surface area (Å²) in [5.41, 5.74) is 6.90. The van der Waals surface area contributed by atoms with E-state index >= 15 is 0 Å². The number of amides is 2. The van der Waals surface area contributed by atoms with E-state index in [-0.39, 0.29) is 17.6 Å². The number of carbonyl (C=O) groups is 2. The maximum Gasteiger partial charge on any atom is 0.254 e. The second-order valence-electron chi connectivity index (χ2n) is 9.22. The van der Waals surface area contributed by atoms with Gasteiger partial charge in [-0.3, -0.25) is 9.59 Å². The lowest BCUT2D eigenvalue weighted by Gasteiger charge is -2.30. The molecule has 0 aromatic heterocycles. The average Bonchev–Trinajstić information content (AvgIpc) is 2.91. The van der Waals surface area contributed by atoms with Gasteiger partial charge in [0.15, 0.2) is 0 Å². The lowest BCUT2D eigenvalue weighted by atomic mass is 9.82. The zero-order chi connectivity index (χ0) is 27.2. The Kier molecular flexibility index (Phi) is 8.35. The van der Waals surface area contributed by atoms with Crippen LogP contribution < -0.4 is 16.0 Å². The van der Waals surface area contributed by atoms with Gasteiger partial charge in [0.1, 0.15) is 0 Å². The Morgan fingerprint density at radius 1 is 0.868 bits per heavy atom. The molecule has 2 amide bonds. The highest BCUT2D eigenvalue weighted by Gasteiger charge is 2.35. The molecule has 0 fully saturated rings. The van der Waals surface area contributed by atoms with Gasteiger partial charge in [-0.2, -0.15) is 5.26 Å². The number of nitriles is 1. The van der Waals surface area contributed by atoms with Gasteiger partial charge in [0.2, 0.25) is 5.91 Å². The van der Waals surface area contributed by atoms with Crippen molar-refractivity contribution in [1.82, 2.24) is 5.32 Å². The van der Waals surface area contributed by atoms with E-state index in [0.717, 1.165) is 33.6 Å². The molecule has 1 atom stereocenters. The van der Waals surface area contributed by atoms with Crippen LogP contribution in [0.2, 0.25) is 0 Å². The van der Waals surface area contributed by atoms with E-state index in [4.69, 9.17) is 0 Å². The van der Waals surface area contributed by atoms with Crippen LogP contribution in [0.3, 0.4) is 0 Å². The Morgan fingerprint density at radius 3 is 2.24 bits per heavy atom. The molecule has 0 aliphatic carbocycles. The summed E-state index contributed by atoms with van der Waals surface area (Å²) < 4.78 is 0. The summed E-state index contributed by atoms with van der Waals surface area (Å²) in [6, 6.07) is 25.2. The predicted octanol–water partition coefficient (Wildman–Crippen LogP) is 6.32. The number of rotatable bonds is 7. The van der Waals surface area contributed by atoms with E-state index in [1.165, 1.54) is 11.8 Å². The van der Waals surface area contributed by atoms with Crippen molar-refractivity contribution in [2.45, 2.75) is 33.6 Å². The zero-order valence-corrected chi connectivity index (χ0v) is 22.7. The van der Waals surface area contributed by atoms with Crippen LogP contribution in [0, 0.1) is 32.1 Å². The van der Waals surface area contributed by atoms with Crippen molar-refractivity contribution in [3.05, 3.63) is 117 Å². The van der Waals surface area contributed by atoms with E-state index in [9.17, 15) is 14.9 Å². The molecule has 0 radical (unpaired) electrons. The highest BCUT2D eigenvalue weighted by molar-refractivity contribution is 8.03. The van der Waals surface area contributed by atoms with Crippen molar-refractivity contribution in [1.29, 1.82) is 5.26 Å². The van der Waals surface area contributed by atoms with Gasteiger partial charge in [-0.25, -0.2) is 0 Å². The molecule has 3 aromatic carbocycles. The zero-order valence-electron chi connectivity index (χ0n) is 21.9. The molecule has 7 heteroatoms. The first kappa shape index (κ1) is 26.8. The summed E-state index contributed by atoms with van der Waals surface area (Å²) in [4.78, 5) is 26.4. The minimum atomic E-state index is -0.573. The van der Waals surface area contributed by atoms with E-state index in [0.29, 0.717) is 21.9 Å². The van der Waals surface area contributed by atoms with E-state index in [1.54, 1.807) is 0 Å². The van der Waals surface area contributed by atoms with Gasteiger partial charge in [0.25, 0.3) is 5.91 Å². The lowest BCUT2D eigenvalue weighted by Crippen LogP contribution is -2.31. The van der Waals surface area contributed by atoms with Crippen molar-refractivity contribution in [2.75, 3.05) is 16.4 Å². The molecule has 0 saturated carbocycles. The normalized spacial score (nSPS) is 15.0. The highest BCUT2D eigenvalue weighted by atomic mass is 32.2. The molecule has 1 unspecified atom stereocenters. The highest BCUT2D eigenvalue weighted by Crippen LogP contribution is 2.41. The summed E-state index contributed by atoms with van der Waals surface area (Å²) in [6.07, 6.45) is 0. The van der Waals surface area contributed by atoms with Gasteiger partial charge >= 0.3 is 0 Å². The first-order valence-corrected chi connectivity index (χ1v) is 13.3.